The third-order valence-corrected chi connectivity index (χ3v) is 4.78. The lowest BCUT2D eigenvalue weighted by Crippen LogP contribution is -2.61. The molecular weight excluding hydrogens is 248 g/mol. The van der Waals surface area contributed by atoms with Gasteiger partial charge in [-0.15, -0.1) is 0 Å². The zero-order valence-electron chi connectivity index (χ0n) is 10.9. The highest BCUT2D eigenvalue weighted by Crippen LogP contribution is 2.55. The molecular formula is C13H20N2O4. The molecule has 0 aromatic carbocycles. The lowest BCUT2D eigenvalue weighted by atomic mass is 9.53. The van der Waals surface area contributed by atoms with E-state index in [1.165, 1.54) is 19.3 Å². The number of urea groups is 1. The number of carbonyl (C=O) groups excluding carboxylic acids is 1. The van der Waals surface area contributed by atoms with Crippen LogP contribution in [0, 0.1) is 17.8 Å². The zero-order valence-corrected chi connectivity index (χ0v) is 10.9. The van der Waals surface area contributed by atoms with Gasteiger partial charge in [-0.25, -0.2) is 15.1 Å². The van der Waals surface area contributed by atoms with Crippen molar-refractivity contribution in [1.29, 1.82) is 0 Å². The number of amides is 2. The van der Waals surface area contributed by atoms with E-state index in [0.29, 0.717) is 0 Å². The van der Waals surface area contributed by atoms with Crippen LogP contribution in [0.25, 0.3) is 0 Å². The Morgan fingerprint density at radius 2 is 1.63 bits per heavy atom. The number of hydroxylamine groups is 1. The highest BCUT2D eigenvalue weighted by Gasteiger charge is 2.51. The molecule has 4 rings (SSSR count). The average Bonchev–Trinajstić information content (AvgIpc) is 2.25. The highest BCUT2D eigenvalue weighted by atomic mass is 16.7. The van der Waals surface area contributed by atoms with Crippen LogP contribution >= 0.6 is 0 Å². The van der Waals surface area contributed by atoms with Crippen molar-refractivity contribution >= 4 is 12.0 Å². The first kappa shape index (κ1) is 12.7. The number of nitrogens with one attached hydrogen (secondary N) is 2. The molecule has 0 heterocycles. The van der Waals surface area contributed by atoms with Gasteiger partial charge < -0.3 is 10.4 Å². The summed E-state index contributed by atoms with van der Waals surface area (Å²) >= 11 is 0. The monoisotopic (exact) mass is 268 g/mol. The summed E-state index contributed by atoms with van der Waals surface area (Å²) in [5.41, 5.74) is 2.08. The molecule has 4 aliphatic carbocycles. The fraction of sp³-hybridized carbons (Fsp3) is 0.846. The third-order valence-electron chi connectivity index (χ3n) is 4.78. The van der Waals surface area contributed by atoms with Crippen molar-refractivity contribution in [1.82, 2.24) is 10.8 Å². The van der Waals surface area contributed by atoms with Crippen molar-refractivity contribution in [2.75, 3.05) is 6.61 Å². The largest absolute Gasteiger partial charge is 0.479 e. The van der Waals surface area contributed by atoms with E-state index in [-0.39, 0.29) is 5.54 Å². The molecule has 4 saturated carbocycles. The van der Waals surface area contributed by atoms with Crippen molar-refractivity contribution in [3.63, 3.8) is 0 Å². The Balaban J connectivity index is 1.54. The molecule has 2 amide bonds. The van der Waals surface area contributed by atoms with Crippen molar-refractivity contribution in [3.8, 4) is 0 Å². The summed E-state index contributed by atoms with van der Waals surface area (Å²) in [6, 6.07) is -0.414. The Labute approximate surface area is 111 Å². The number of aliphatic carboxylic acids is 1. The fourth-order valence-corrected chi connectivity index (χ4v) is 4.69. The van der Waals surface area contributed by atoms with Gasteiger partial charge in [0.25, 0.3) is 0 Å². The van der Waals surface area contributed by atoms with E-state index < -0.39 is 18.6 Å². The Morgan fingerprint density at radius 1 is 1.11 bits per heavy atom. The van der Waals surface area contributed by atoms with Crippen molar-refractivity contribution in [2.24, 2.45) is 17.8 Å². The SMILES string of the molecule is O=C(O)CONC(=O)NC12CC3CC(CC(C3)C1)C2. The molecule has 4 bridgehead atoms. The molecule has 6 heteroatoms. The summed E-state index contributed by atoms with van der Waals surface area (Å²) in [5, 5.41) is 11.5. The van der Waals surface area contributed by atoms with Gasteiger partial charge in [-0.1, -0.05) is 0 Å². The predicted octanol–water partition coefficient (Wildman–Crippen LogP) is 1.27. The van der Waals surface area contributed by atoms with Gasteiger partial charge in [0.2, 0.25) is 0 Å². The van der Waals surface area contributed by atoms with Crippen molar-refractivity contribution < 1.29 is 19.5 Å². The second-order valence-electron chi connectivity index (χ2n) is 6.44. The molecule has 106 valence electrons. The lowest BCUT2D eigenvalue weighted by molar-refractivity contribution is -0.144. The van der Waals surface area contributed by atoms with E-state index in [1.807, 2.05) is 0 Å². The van der Waals surface area contributed by atoms with Crippen LogP contribution in [0.1, 0.15) is 38.5 Å². The summed E-state index contributed by atoms with van der Waals surface area (Å²) in [5.74, 6) is 1.17. The minimum Gasteiger partial charge on any atom is -0.479 e. The maximum Gasteiger partial charge on any atom is 0.339 e. The molecule has 19 heavy (non-hydrogen) atoms. The van der Waals surface area contributed by atoms with Crippen LogP contribution in [-0.4, -0.2) is 29.3 Å². The Morgan fingerprint density at radius 3 is 2.11 bits per heavy atom. The van der Waals surface area contributed by atoms with E-state index in [0.717, 1.165) is 37.0 Å². The number of carboxylic acids is 1. The van der Waals surface area contributed by atoms with Gasteiger partial charge in [0.05, 0.1) is 0 Å². The second kappa shape index (κ2) is 4.67. The molecule has 4 aliphatic rings. The molecule has 0 saturated heterocycles. The first-order valence-corrected chi connectivity index (χ1v) is 6.96. The third kappa shape index (κ3) is 2.68. The van der Waals surface area contributed by atoms with Gasteiger partial charge in [-0.05, 0) is 56.3 Å². The number of carboxylic acid groups (broad SMARTS) is 1. The zero-order chi connectivity index (χ0) is 13.5. The maximum absolute atomic E-state index is 11.8. The molecule has 6 nitrogen and oxygen atoms in total. The van der Waals surface area contributed by atoms with Crippen LogP contribution in [0.15, 0.2) is 0 Å². The molecule has 0 aromatic rings. The van der Waals surface area contributed by atoms with E-state index in [9.17, 15) is 9.59 Å². The van der Waals surface area contributed by atoms with E-state index in [2.05, 4.69) is 15.6 Å². The summed E-state index contributed by atoms with van der Waals surface area (Å²) < 4.78 is 0. The van der Waals surface area contributed by atoms with Gasteiger partial charge in [-0.2, -0.15) is 0 Å². The maximum atomic E-state index is 11.8. The number of hydrogen-bond donors (Lipinski definition) is 3. The summed E-state index contributed by atoms with van der Waals surface area (Å²) in [4.78, 5) is 26.7. The molecule has 4 fully saturated rings. The molecule has 0 unspecified atom stereocenters. The number of carbonyl (C=O) groups is 2. The molecule has 0 spiro atoms. The minimum absolute atomic E-state index is 0.0780. The van der Waals surface area contributed by atoms with Gasteiger partial charge in [0.1, 0.15) is 0 Å². The summed E-state index contributed by atoms with van der Waals surface area (Å²) in [7, 11) is 0. The average molecular weight is 268 g/mol. The topological polar surface area (TPSA) is 87.7 Å². The van der Waals surface area contributed by atoms with E-state index in [1.54, 1.807) is 0 Å². The Kier molecular flexibility index (Phi) is 3.12. The Hall–Kier alpha value is -1.30. The second-order valence-corrected chi connectivity index (χ2v) is 6.44. The van der Waals surface area contributed by atoms with Crippen LogP contribution in [0.4, 0.5) is 4.79 Å². The summed E-state index contributed by atoms with van der Waals surface area (Å²) in [6.07, 6.45) is 7.14. The van der Waals surface area contributed by atoms with Gasteiger partial charge >= 0.3 is 12.0 Å². The molecule has 0 radical (unpaired) electrons. The van der Waals surface area contributed by atoms with Crippen LogP contribution in [0.5, 0.6) is 0 Å². The number of rotatable bonds is 4. The first-order valence-electron chi connectivity index (χ1n) is 6.96. The quantitative estimate of drug-likeness (QED) is 0.670. The standard InChI is InChI=1S/C13H20N2O4/c16-11(17)7-19-15-12(18)14-13-4-8-1-9(5-13)3-10(2-8)6-13/h8-10H,1-7H2,(H,16,17)(H2,14,15,18). The lowest BCUT2D eigenvalue weighted by Gasteiger charge is -2.56. The van der Waals surface area contributed by atoms with Crippen molar-refractivity contribution in [3.05, 3.63) is 0 Å². The number of hydrogen-bond acceptors (Lipinski definition) is 3. The minimum atomic E-state index is -1.10. The van der Waals surface area contributed by atoms with Crippen molar-refractivity contribution in [2.45, 2.75) is 44.1 Å². The molecule has 3 N–H and O–H groups in total. The summed E-state index contributed by atoms with van der Waals surface area (Å²) in [6.45, 7) is -0.520. The van der Waals surface area contributed by atoms with Crippen LogP contribution in [0.2, 0.25) is 0 Å². The fourth-order valence-electron chi connectivity index (χ4n) is 4.69. The predicted molar refractivity (Wildman–Crippen MR) is 66.2 cm³/mol. The first-order chi connectivity index (χ1) is 9.05. The van der Waals surface area contributed by atoms with E-state index in [4.69, 9.17) is 5.11 Å². The van der Waals surface area contributed by atoms with Crippen LogP contribution in [0.3, 0.4) is 0 Å². The Bertz CT molecular complexity index is 361. The van der Waals surface area contributed by atoms with Gasteiger partial charge in [0.15, 0.2) is 6.61 Å². The molecule has 0 aliphatic heterocycles. The smallest absolute Gasteiger partial charge is 0.339 e. The van der Waals surface area contributed by atoms with Gasteiger partial charge in [-0.3, -0.25) is 4.84 Å². The molecule has 0 aromatic heterocycles. The highest BCUT2D eigenvalue weighted by molar-refractivity contribution is 5.74. The van der Waals surface area contributed by atoms with Crippen LogP contribution < -0.4 is 10.8 Å². The normalized spacial score (nSPS) is 39.1. The van der Waals surface area contributed by atoms with Crippen LogP contribution in [-0.2, 0) is 9.63 Å². The van der Waals surface area contributed by atoms with E-state index >= 15 is 0 Å². The molecule has 0 atom stereocenters. The van der Waals surface area contributed by atoms with Gasteiger partial charge in [0, 0.05) is 5.54 Å².